The summed E-state index contributed by atoms with van der Waals surface area (Å²) < 4.78 is 63.5. The molecule has 0 saturated heterocycles. The minimum Gasteiger partial charge on any atom is -0.394 e. The van der Waals surface area contributed by atoms with Crippen LogP contribution in [0.5, 0.6) is 0 Å². The lowest BCUT2D eigenvalue weighted by atomic mass is 9.81. The number of hydrogen-bond acceptors (Lipinski definition) is 5. The highest BCUT2D eigenvalue weighted by molar-refractivity contribution is 7.91. The Labute approximate surface area is 234 Å². The first-order valence-electron chi connectivity index (χ1n) is 14.0. The van der Waals surface area contributed by atoms with Crippen LogP contribution in [0.1, 0.15) is 85.6 Å². The van der Waals surface area contributed by atoms with Crippen LogP contribution in [0, 0.1) is 17.8 Å². The number of fused-ring (bicyclic) bond motifs is 1. The lowest BCUT2D eigenvalue weighted by Gasteiger charge is -2.35. The molecule has 1 aliphatic heterocycles. The fourth-order valence-corrected chi connectivity index (χ4v) is 7.08. The quantitative estimate of drug-likeness (QED) is 0.390. The molecule has 2 aromatic rings. The number of carbonyl (C=O) groups excluding carboxylic acids is 1. The van der Waals surface area contributed by atoms with Gasteiger partial charge in [0.1, 0.15) is 0 Å². The monoisotopic (exact) mass is 580 g/mol. The van der Waals surface area contributed by atoms with Gasteiger partial charge in [0.25, 0.3) is 5.91 Å². The topological polar surface area (TPSA) is 86.7 Å². The number of aliphatic hydroxyl groups excluding tert-OH is 1. The zero-order chi connectivity index (χ0) is 29.2. The second kappa shape index (κ2) is 12.2. The summed E-state index contributed by atoms with van der Waals surface area (Å²) in [6.07, 6.45) is -2.59. The number of carbonyl (C=O) groups is 1. The zero-order valence-corrected chi connectivity index (χ0v) is 24.1. The van der Waals surface area contributed by atoms with Crippen LogP contribution in [0.4, 0.5) is 13.2 Å². The van der Waals surface area contributed by atoms with Crippen molar-refractivity contribution in [1.29, 1.82) is 0 Å². The van der Waals surface area contributed by atoms with E-state index < -0.39 is 28.0 Å². The summed E-state index contributed by atoms with van der Waals surface area (Å²) in [5.74, 6) is -1.03. The van der Waals surface area contributed by atoms with Gasteiger partial charge in [-0.2, -0.15) is 13.2 Å². The Morgan fingerprint density at radius 2 is 1.73 bits per heavy atom. The maximum atomic E-state index is 13.2. The minimum absolute atomic E-state index is 0.0148. The smallest absolute Gasteiger partial charge is 0.391 e. The van der Waals surface area contributed by atoms with E-state index >= 15 is 0 Å². The molecule has 2 atom stereocenters. The fraction of sp³-hybridized carbons (Fsp3) is 0.567. The Hall–Kier alpha value is -2.43. The third-order valence-electron chi connectivity index (χ3n) is 8.43. The molecule has 4 rings (SSSR count). The van der Waals surface area contributed by atoms with Crippen LogP contribution in [0.25, 0.3) is 0 Å². The lowest BCUT2D eigenvalue weighted by Crippen LogP contribution is -2.34. The Morgan fingerprint density at radius 1 is 1.07 bits per heavy atom. The van der Waals surface area contributed by atoms with E-state index in [1.54, 1.807) is 25.1 Å². The Kier molecular flexibility index (Phi) is 9.31. The number of nitrogens with zero attached hydrogens (tertiary/aromatic N) is 1. The predicted molar refractivity (Wildman–Crippen MR) is 147 cm³/mol. The van der Waals surface area contributed by atoms with Crippen LogP contribution >= 0.6 is 0 Å². The van der Waals surface area contributed by atoms with Crippen LogP contribution in [-0.2, 0) is 16.4 Å². The number of hydrogen-bond donors (Lipinski definition) is 2. The number of aliphatic hydroxyl groups is 1. The molecule has 1 heterocycles. The van der Waals surface area contributed by atoms with Crippen molar-refractivity contribution in [3.05, 3.63) is 64.7 Å². The maximum absolute atomic E-state index is 13.2. The molecule has 2 N–H and O–H groups in total. The molecule has 220 valence electrons. The molecule has 2 aromatic carbocycles. The van der Waals surface area contributed by atoms with Crippen LogP contribution in [-0.4, -0.2) is 49.4 Å². The molecule has 10 heteroatoms. The lowest BCUT2D eigenvalue weighted by molar-refractivity contribution is -0.184. The minimum atomic E-state index is -4.11. The number of nitrogens with one attached hydrogen (secondary N) is 1. The summed E-state index contributed by atoms with van der Waals surface area (Å²) in [5, 5.41) is 12.8. The summed E-state index contributed by atoms with van der Waals surface area (Å²) in [6.45, 7) is 6.86. The molecule has 6 nitrogen and oxygen atoms in total. The average molecular weight is 581 g/mol. The number of rotatable bonds is 9. The highest BCUT2D eigenvalue weighted by Gasteiger charge is 2.42. The second-order valence-corrected chi connectivity index (χ2v) is 13.8. The number of sulfone groups is 1. The van der Waals surface area contributed by atoms with Crippen LogP contribution in [0.15, 0.2) is 47.4 Å². The largest absolute Gasteiger partial charge is 0.394 e. The van der Waals surface area contributed by atoms with Gasteiger partial charge in [-0.15, -0.1) is 0 Å². The Bertz CT molecular complexity index is 1290. The van der Waals surface area contributed by atoms with Gasteiger partial charge >= 0.3 is 6.18 Å². The van der Waals surface area contributed by atoms with E-state index in [0.29, 0.717) is 36.4 Å². The van der Waals surface area contributed by atoms with Crippen LogP contribution < -0.4 is 5.32 Å². The molecule has 1 unspecified atom stereocenters. The molecule has 2 aliphatic rings. The van der Waals surface area contributed by atoms with E-state index in [4.69, 9.17) is 0 Å². The van der Waals surface area contributed by atoms with Crippen LogP contribution in [0.3, 0.4) is 0 Å². The number of benzene rings is 2. The summed E-state index contributed by atoms with van der Waals surface area (Å²) in [7, 11) is -3.35. The molecule has 40 heavy (non-hydrogen) atoms. The molecule has 1 saturated carbocycles. The van der Waals surface area contributed by atoms with Crippen molar-refractivity contribution < 1.29 is 31.5 Å². The van der Waals surface area contributed by atoms with E-state index in [1.807, 2.05) is 12.1 Å². The molecule has 0 aromatic heterocycles. The van der Waals surface area contributed by atoms with Gasteiger partial charge in [0.05, 0.1) is 29.2 Å². The van der Waals surface area contributed by atoms with Crippen molar-refractivity contribution >= 4 is 15.7 Å². The maximum Gasteiger partial charge on any atom is 0.391 e. The van der Waals surface area contributed by atoms with E-state index in [2.05, 4.69) is 24.1 Å². The van der Waals surface area contributed by atoms with Gasteiger partial charge in [0.15, 0.2) is 9.84 Å². The van der Waals surface area contributed by atoms with Gasteiger partial charge in [-0.05, 0) is 78.5 Å². The summed E-state index contributed by atoms with van der Waals surface area (Å²) in [4.78, 5) is 15.7. The van der Waals surface area contributed by atoms with Crippen molar-refractivity contribution in [1.82, 2.24) is 10.2 Å². The average Bonchev–Trinajstić information content (AvgIpc) is 3.28. The molecular formula is C30H39F3N2O4S. The zero-order valence-electron chi connectivity index (χ0n) is 23.2. The van der Waals surface area contributed by atoms with Gasteiger partial charge < -0.3 is 10.4 Å². The third-order valence-corrected chi connectivity index (χ3v) is 10.2. The predicted octanol–water partition coefficient (Wildman–Crippen LogP) is 5.83. The molecule has 0 radical (unpaired) electrons. The number of alkyl halides is 3. The van der Waals surface area contributed by atoms with Crippen molar-refractivity contribution in [2.24, 2.45) is 17.8 Å². The fourth-order valence-electron chi connectivity index (χ4n) is 6.20. The first kappa shape index (κ1) is 30.5. The molecule has 1 fully saturated rings. The van der Waals surface area contributed by atoms with Crippen molar-refractivity contribution in [3.8, 4) is 0 Å². The van der Waals surface area contributed by atoms with Gasteiger partial charge in [-0.1, -0.05) is 39.0 Å². The first-order valence-corrected chi connectivity index (χ1v) is 15.7. The number of amides is 1. The van der Waals surface area contributed by atoms with Gasteiger partial charge in [0, 0.05) is 24.7 Å². The SMILES string of the molecule is CCS(=O)(=O)c1ccc([C@H](CO)NC(=O)c2ccc3c(c2)CN(CC2CCC(C(F)(F)F)CC2)C3C(C)C)cc1. The Balaban J connectivity index is 1.44. The number of halogens is 3. The normalized spacial score (nSPS) is 22.8. The first-order chi connectivity index (χ1) is 18.8. The highest BCUT2D eigenvalue weighted by Crippen LogP contribution is 2.43. The van der Waals surface area contributed by atoms with E-state index in [-0.39, 0.29) is 48.0 Å². The summed E-state index contributed by atoms with van der Waals surface area (Å²) in [6, 6.07) is 11.2. The van der Waals surface area contributed by atoms with Gasteiger partial charge in [-0.3, -0.25) is 9.69 Å². The van der Waals surface area contributed by atoms with E-state index in [0.717, 1.165) is 17.7 Å². The van der Waals surface area contributed by atoms with Gasteiger partial charge in [0.2, 0.25) is 0 Å². The second-order valence-electron chi connectivity index (χ2n) is 11.5. The summed E-state index contributed by atoms with van der Waals surface area (Å²) in [5.41, 5.74) is 3.22. The molecule has 0 bridgehead atoms. The van der Waals surface area contributed by atoms with Crippen LogP contribution in [0.2, 0.25) is 0 Å². The van der Waals surface area contributed by atoms with Crippen molar-refractivity contribution in [3.63, 3.8) is 0 Å². The molecular weight excluding hydrogens is 541 g/mol. The van der Waals surface area contributed by atoms with Crippen molar-refractivity contribution in [2.75, 3.05) is 18.9 Å². The third kappa shape index (κ3) is 6.71. The standard InChI is InChI=1S/C30H39F3N2O4S/c1-4-40(38,39)25-12-7-21(8-13-25)27(18-36)34-29(37)22-9-14-26-23(15-22)17-35(28(26)19(2)3)16-20-5-10-24(11-6-20)30(31,32)33/h7-9,12-15,19-20,24,27-28,36H,4-6,10-11,16-18H2,1-3H3,(H,34,37)/t20?,24?,27-,28?/m0/s1. The molecule has 1 amide bonds. The molecule has 0 spiro atoms. The van der Waals surface area contributed by atoms with Gasteiger partial charge in [-0.25, -0.2) is 8.42 Å². The van der Waals surface area contributed by atoms with E-state index in [1.165, 1.54) is 12.1 Å². The van der Waals surface area contributed by atoms with Crippen molar-refractivity contribution in [2.45, 2.75) is 76.2 Å². The highest BCUT2D eigenvalue weighted by atomic mass is 32.2. The Morgan fingerprint density at radius 3 is 2.27 bits per heavy atom. The molecule has 1 aliphatic carbocycles. The van der Waals surface area contributed by atoms with E-state index in [9.17, 15) is 31.5 Å². The summed E-state index contributed by atoms with van der Waals surface area (Å²) >= 11 is 0.